The second kappa shape index (κ2) is 7.30. The summed E-state index contributed by atoms with van der Waals surface area (Å²) < 4.78 is 5.36. The molecule has 1 aromatic heterocycles. The van der Waals surface area contributed by atoms with Gasteiger partial charge in [-0.2, -0.15) is 0 Å². The molecule has 0 atom stereocenters. The van der Waals surface area contributed by atoms with Crippen LogP contribution in [0.15, 0.2) is 48.4 Å². The summed E-state index contributed by atoms with van der Waals surface area (Å²) in [5, 5.41) is 1.87. The number of rotatable bonds is 5. The summed E-state index contributed by atoms with van der Waals surface area (Å²) in [6.45, 7) is 7.33. The third kappa shape index (κ3) is 3.91. The molecule has 0 spiro atoms. The van der Waals surface area contributed by atoms with E-state index in [9.17, 15) is 4.79 Å². The number of hydrogen-bond donors (Lipinski definition) is 2. The zero-order valence-electron chi connectivity index (χ0n) is 12.7. The molecule has 0 radical (unpaired) electrons. The summed E-state index contributed by atoms with van der Waals surface area (Å²) in [7, 11) is 0. The summed E-state index contributed by atoms with van der Waals surface area (Å²) >= 11 is 1.40. The van der Waals surface area contributed by atoms with Gasteiger partial charge in [0.15, 0.2) is 0 Å². The van der Waals surface area contributed by atoms with Crippen molar-refractivity contribution >= 4 is 28.6 Å². The molecule has 2 aromatic rings. The molecule has 5 nitrogen and oxygen atoms in total. The van der Waals surface area contributed by atoms with Gasteiger partial charge in [0, 0.05) is 18.8 Å². The molecule has 0 unspecified atom stereocenters. The first-order valence-corrected chi connectivity index (χ1v) is 8.34. The van der Waals surface area contributed by atoms with Gasteiger partial charge in [-0.1, -0.05) is 24.8 Å². The fourth-order valence-electron chi connectivity index (χ4n) is 2.37. The molecule has 1 fully saturated rings. The van der Waals surface area contributed by atoms with Crippen molar-refractivity contribution in [1.82, 2.24) is 10.9 Å². The molecular weight excluding hydrogens is 310 g/mol. The van der Waals surface area contributed by atoms with E-state index in [1.165, 1.54) is 17.0 Å². The predicted molar refractivity (Wildman–Crippen MR) is 93.4 cm³/mol. The number of carbonyl (C=O) groups is 1. The molecule has 1 aliphatic rings. The average Bonchev–Trinajstić information content (AvgIpc) is 3.15. The Morgan fingerprint density at radius 3 is 2.52 bits per heavy atom. The molecule has 0 bridgehead atoms. The van der Waals surface area contributed by atoms with Crippen molar-refractivity contribution < 1.29 is 9.53 Å². The minimum absolute atomic E-state index is 0.161. The molecule has 2 N–H and O–H groups in total. The number of morpholine rings is 1. The summed E-state index contributed by atoms with van der Waals surface area (Å²) in [5.74, 6) is -0.161. The predicted octanol–water partition coefficient (Wildman–Crippen LogP) is 2.49. The lowest BCUT2D eigenvalue weighted by molar-refractivity contribution is 0.0946. The summed E-state index contributed by atoms with van der Waals surface area (Å²) in [6.07, 6.45) is 0. The van der Waals surface area contributed by atoms with E-state index in [4.69, 9.17) is 4.74 Å². The third-order valence-electron chi connectivity index (χ3n) is 3.66. The highest BCUT2D eigenvalue weighted by molar-refractivity contribution is 7.12. The molecule has 1 aromatic carbocycles. The normalized spacial score (nSPS) is 14.3. The average molecular weight is 329 g/mol. The maximum Gasteiger partial charge on any atom is 0.279 e. The van der Waals surface area contributed by atoms with Crippen LogP contribution in [0.4, 0.5) is 5.69 Å². The Labute approximate surface area is 139 Å². The molecular formula is C17H19N3O2S. The second-order valence-electron chi connectivity index (χ2n) is 5.18. The van der Waals surface area contributed by atoms with Crippen molar-refractivity contribution in [2.75, 3.05) is 31.2 Å². The molecule has 23 heavy (non-hydrogen) atoms. The van der Waals surface area contributed by atoms with E-state index in [0.29, 0.717) is 10.6 Å². The number of amides is 1. The monoisotopic (exact) mass is 329 g/mol. The van der Waals surface area contributed by atoms with Crippen LogP contribution in [0.2, 0.25) is 0 Å². The summed E-state index contributed by atoms with van der Waals surface area (Å²) in [5.41, 5.74) is 8.29. The quantitative estimate of drug-likeness (QED) is 0.828. The number of hydrazine groups is 1. The minimum Gasteiger partial charge on any atom is -0.378 e. The lowest BCUT2D eigenvalue weighted by atomic mass is 10.1. The highest BCUT2D eigenvalue weighted by Gasteiger charge is 2.11. The molecule has 0 aliphatic carbocycles. The van der Waals surface area contributed by atoms with Gasteiger partial charge in [0.1, 0.15) is 0 Å². The van der Waals surface area contributed by atoms with Crippen LogP contribution in [-0.2, 0) is 4.74 Å². The molecule has 6 heteroatoms. The van der Waals surface area contributed by atoms with Gasteiger partial charge in [0.2, 0.25) is 0 Å². The van der Waals surface area contributed by atoms with E-state index >= 15 is 0 Å². The SMILES string of the molecule is C=C(NNC(=O)c1cccs1)c1ccc(N2CCOCC2)cc1. The zero-order chi connectivity index (χ0) is 16.1. The maximum atomic E-state index is 11.9. The molecule has 1 amide bonds. The number of carbonyl (C=O) groups excluding carboxylic acids is 1. The Morgan fingerprint density at radius 2 is 1.87 bits per heavy atom. The lowest BCUT2D eigenvalue weighted by Gasteiger charge is -2.29. The van der Waals surface area contributed by atoms with Crippen LogP contribution >= 0.6 is 11.3 Å². The van der Waals surface area contributed by atoms with Crippen molar-refractivity contribution in [3.05, 3.63) is 58.8 Å². The smallest absolute Gasteiger partial charge is 0.279 e. The van der Waals surface area contributed by atoms with Gasteiger partial charge >= 0.3 is 0 Å². The molecule has 120 valence electrons. The van der Waals surface area contributed by atoms with Gasteiger partial charge in [-0.05, 0) is 29.1 Å². The van der Waals surface area contributed by atoms with E-state index in [-0.39, 0.29) is 5.91 Å². The molecule has 1 saturated heterocycles. The first-order valence-electron chi connectivity index (χ1n) is 7.46. The Kier molecular flexibility index (Phi) is 4.95. The standard InChI is InChI=1S/C17H19N3O2S/c1-13(18-19-17(21)16-3-2-12-23-16)14-4-6-15(7-5-14)20-8-10-22-11-9-20/h2-7,12,18H,1,8-11H2,(H,19,21). The molecule has 0 saturated carbocycles. The van der Waals surface area contributed by atoms with E-state index in [1.54, 1.807) is 6.07 Å². The fraction of sp³-hybridized carbons (Fsp3) is 0.235. The molecule has 1 aliphatic heterocycles. The van der Waals surface area contributed by atoms with Crippen molar-refractivity contribution in [3.63, 3.8) is 0 Å². The Morgan fingerprint density at radius 1 is 1.13 bits per heavy atom. The van der Waals surface area contributed by atoms with Gasteiger partial charge in [-0.3, -0.25) is 15.6 Å². The van der Waals surface area contributed by atoms with Gasteiger partial charge in [-0.15, -0.1) is 11.3 Å². The molecule has 3 rings (SSSR count). The maximum absolute atomic E-state index is 11.9. The number of nitrogens with one attached hydrogen (secondary N) is 2. The number of anilines is 1. The van der Waals surface area contributed by atoms with Crippen LogP contribution in [0.25, 0.3) is 5.70 Å². The second-order valence-corrected chi connectivity index (χ2v) is 6.13. The van der Waals surface area contributed by atoms with Gasteiger partial charge in [-0.25, -0.2) is 0 Å². The largest absolute Gasteiger partial charge is 0.378 e. The first kappa shape index (κ1) is 15.6. The summed E-state index contributed by atoms with van der Waals surface area (Å²) in [6, 6.07) is 11.7. The number of thiophene rings is 1. The van der Waals surface area contributed by atoms with Crippen LogP contribution in [0.3, 0.4) is 0 Å². The van der Waals surface area contributed by atoms with E-state index in [1.807, 2.05) is 23.6 Å². The lowest BCUT2D eigenvalue weighted by Crippen LogP contribution is -2.36. The highest BCUT2D eigenvalue weighted by atomic mass is 32.1. The van der Waals surface area contributed by atoms with Crippen LogP contribution in [-0.4, -0.2) is 32.2 Å². The van der Waals surface area contributed by atoms with Crippen LogP contribution in [0, 0.1) is 0 Å². The van der Waals surface area contributed by atoms with Crippen molar-refractivity contribution in [2.24, 2.45) is 0 Å². The van der Waals surface area contributed by atoms with Gasteiger partial charge in [0.25, 0.3) is 5.91 Å². The Balaban J connectivity index is 1.56. The van der Waals surface area contributed by atoms with Crippen molar-refractivity contribution in [2.45, 2.75) is 0 Å². The number of benzene rings is 1. The minimum atomic E-state index is -0.161. The van der Waals surface area contributed by atoms with Crippen molar-refractivity contribution in [1.29, 1.82) is 0 Å². The zero-order valence-corrected chi connectivity index (χ0v) is 13.6. The van der Waals surface area contributed by atoms with E-state index in [2.05, 4.69) is 34.5 Å². The summed E-state index contributed by atoms with van der Waals surface area (Å²) in [4.78, 5) is 14.8. The van der Waals surface area contributed by atoms with Crippen LogP contribution in [0.5, 0.6) is 0 Å². The number of ether oxygens (including phenoxy) is 1. The fourth-order valence-corrected chi connectivity index (χ4v) is 2.99. The van der Waals surface area contributed by atoms with E-state index in [0.717, 1.165) is 31.9 Å². The number of hydrogen-bond acceptors (Lipinski definition) is 5. The van der Waals surface area contributed by atoms with E-state index < -0.39 is 0 Å². The topological polar surface area (TPSA) is 53.6 Å². The number of nitrogens with zero attached hydrogens (tertiary/aromatic N) is 1. The first-order chi connectivity index (χ1) is 11.2. The van der Waals surface area contributed by atoms with Gasteiger partial charge < -0.3 is 9.64 Å². The van der Waals surface area contributed by atoms with Crippen LogP contribution < -0.4 is 15.8 Å². The Hall–Kier alpha value is -2.31. The Bertz CT molecular complexity index is 662. The van der Waals surface area contributed by atoms with Crippen molar-refractivity contribution in [3.8, 4) is 0 Å². The molecule has 2 heterocycles. The third-order valence-corrected chi connectivity index (χ3v) is 4.53. The highest BCUT2D eigenvalue weighted by Crippen LogP contribution is 2.19. The van der Waals surface area contributed by atoms with Gasteiger partial charge in [0.05, 0.1) is 23.8 Å². The van der Waals surface area contributed by atoms with Crippen LogP contribution in [0.1, 0.15) is 15.2 Å².